The molecule has 6 atom stereocenters. The molecule has 0 aromatic carbocycles. The fraction of sp³-hybridized carbons (Fsp3) is 0.785. The Kier molecular flexibility index (Phi) is 49.2. The number of aliphatic carboxylic acids is 1. The number of hydrogen-bond donors (Lipinski definition) is 3. The number of rotatable bonds is 53. The number of carboxylic acids is 1. The van der Waals surface area contributed by atoms with Crippen LogP contribution in [0.4, 0.5) is 0 Å². The summed E-state index contributed by atoms with van der Waals surface area (Å²) in [6, 6.07) is 0. The van der Waals surface area contributed by atoms with E-state index < -0.39 is 67.3 Å². The lowest BCUT2D eigenvalue weighted by molar-refractivity contribution is -0.301. The van der Waals surface area contributed by atoms with Gasteiger partial charge in [0.15, 0.2) is 24.6 Å². The zero-order valence-corrected chi connectivity index (χ0v) is 49.0. The van der Waals surface area contributed by atoms with E-state index in [0.717, 1.165) is 70.6 Å². The van der Waals surface area contributed by atoms with Crippen LogP contribution in [0.25, 0.3) is 0 Å². The first kappa shape index (κ1) is 71.4. The molecular formula is C65H112O12. The minimum Gasteiger partial charge on any atom is -0.479 e. The highest BCUT2D eigenvalue weighted by atomic mass is 16.7. The first-order valence-corrected chi connectivity index (χ1v) is 31.3. The van der Waals surface area contributed by atoms with Crippen molar-refractivity contribution >= 4 is 23.9 Å². The van der Waals surface area contributed by atoms with Gasteiger partial charge in [0, 0.05) is 19.3 Å². The van der Waals surface area contributed by atoms with Gasteiger partial charge in [-0.05, 0) is 57.8 Å². The summed E-state index contributed by atoms with van der Waals surface area (Å²) in [5, 5.41) is 31.5. The molecule has 444 valence electrons. The van der Waals surface area contributed by atoms with Crippen LogP contribution in [-0.4, -0.2) is 89.2 Å². The standard InChI is InChI=1S/C65H112O12/c1-4-7-10-13-16-19-22-25-27-29-31-34-36-39-42-45-48-51-57(66)73-54-56(75-58(67)52-49-46-43-40-37-33-24-21-18-15-12-9-6-3)55-74-65-63(61(70)60(69)62(77-65)64(71)72)76-59(68)53-50-47-44-41-38-35-32-30-28-26-23-20-17-14-11-8-5-2/h8,11,17,20,26,28,32,35,41,44,56,60-63,65,69-70H,4-7,9-10,12-16,18-19,21-25,27,29-31,33-34,36-40,42-43,45-55H2,1-3H3,(H,71,72)/b11-8-,20-17-,28-26-,35-32-,44-41-. The highest BCUT2D eigenvalue weighted by Crippen LogP contribution is 2.26. The van der Waals surface area contributed by atoms with Crippen LogP contribution in [0, 0.1) is 0 Å². The molecule has 1 aliphatic heterocycles. The average molecular weight is 1090 g/mol. The average Bonchev–Trinajstić information content (AvgIpc) is 3.42. The van der Waals surface area contributed by atoms with Crippen LogP contribution >= 0.6 is 0 Å². The summed E-state index contributed by atoms with van der Waals surface area (Å²) in [6.45, 7) is 5.89. The number of carboxylic acid groups (broad SMARTS) is 1. The molecule has 6 unspecified atom stereocenters. The molecule has 1 rings (SSSR count). The zero-order chi connectivity index (χ0) is 56.1. The Morgan fingerprint density at radius 2 is 0.818 bits per heavy atom. The number of esters is 3. The molecule has 0 spiro atoms. The molecular weight excluding hydrogens is 973 g/mol. The molecule has 12 nitrogen and oxygen atoms in total. The second-order valence-corrected chi connectivity index (χ2v) is 21.3. The van der Waals surface area contributed by atoms with Crippen molar-refractivity contribution in [3.8, 4) is 0 Å². The molecule has 0 amide bonds. The van der Waals surface area contributed by atoms with Crippen molar-refractivity contribution in [3.05, 3.63) is 60.8 Å². The third kappa shape index (κ3) is 43.0. The van der Waals surface area contributed by atoms with E-state index in [1.165, 1.54) is 141 Å². The predicted octanol–water partition coefficient (Wildman–Crippen LogP) is 16.3. The Morgan fingerprint density at radius 1 is 0.442 bits per heavy atom. The second-order valence-electron chi connectivity index (χ2n) is 21.3. The van der Waals surface area contributed by atoms with Gasteiger partial charge in [-0.2, -0.15) is 0 Å². The van der Waals surface area contributed by atoms with E-state index in [9.17, 15) is 34.5 Å². The van der Waals surface area contributed by atoms with E-state index in [0.29, 0.717) is 25.7 Å². The Hall–Kier alpha value is -3.58. The number of carbonyl (C=O) groups excluding carboxylic acids is 3. The molecule has 3 N–H and O–H groups in total. The van der Waals surface area contributed by atoms with Crippen molar-refractivity contribution in [1.29, 1.82) is 0 Å². The molecule has 77 heavy (non-hydrogen) atoms. The van der Waals surface area contributed by atoms with Gasteiger partial charge in [-0.3, -0.25) is 14.4 Å². The summed E-state index contributed by atoms with van der Waals surface area (Å²) in [5.74, 6) is -3.17. The molecule has 0 aromatic heterocycles. The van der Waals surface area contributed by atoms with E-state index in [2.05, 4.69) is 69.4 Å². The van der Waals surface area contributed by atoms with Crippen LogP contribution in [0.3, 0.4) is 0 Å². The Bertz CT molecular complexity index is 1570. The van der Waals surface area contributed by atoms with Crippen molar-refractivity contribution in [1.82, 2.24) is 0 Å². The van der Waals surface area contributed by atoms with Crippen LogP contribution < -0.4 is 0 Å². The maximum Gasteiger partial charge on any atom is 0.335 e. The van der Waals surface area contributed by atoms with Crippen LogP contribution in [-0.2, 0) is 42.9 Å². The monoisotopic (exact) mass is 1080 g/mol. The third-order valence-electron chi connectivity index (χ3n) is 14.1. The van der Waals surface area contributed by atoms with E-state index in [4.69, 9.17) is 23.7 Å². The van der Waals surface area contributed by atoms with Gasteiger partial charge in [0.1, 0.15) is 18.8 Å². The summed E-state index contributed by atoms with van der Waals surface area (Å²) in [4.78, 5) is 51.2. The largest absolute Gasteiger partial charge is 0.479 e. The molecule has 0 saturated carbocycles. The number of ether oxygens (including phenoxy) is 5. The number of unbranched alkanes of at least 4 members (excludes halogenated alkanes) is 29. The van der Waals surface area contributed by atoms with Crippen LogP contribution in [0.2, 0.25) is 0 Å². The van der Waals surface area contributed by atoms with Crippen LogP contribution in [0.1, 0.15) is 278 Å². The highest BCUT2D eigenvalue weighted by molar-refractivity contribution is 5.74. The highest BCUT2D eigenvalue weighted by Gasteiger charge is 2.50. The fourth-order valence-corrected chi connectivity index (χ4v) is 9.35. The summed E-state index contributed by atoms with van der Waals surface area (Å²) < 4.78 is 28.4. The van der Waals surface area contributed by atoms with Gasteiger partial charge in [-0.1, -0.05) is 261 Å². The van der Waals surface area contributed by atoms with Crippen molar-refractivity contribution < 1.29 is 58.2 Å². The lowest BCUT2D eigenvalue weighted by Crippen LogP contribution is -2.61. The Balaban J connectivity index is 2.69. The van der Waals surface area contributed by atoms with E-state index >= 15 is 0 Å². The summed E-state index contributed by atoms with van der Waals surface area (Å²) in [5.41, 5.74) is 0. The summed E-state index contributed by atoms with van der Waals surface area (Å²) in [7, 11) is 0. The maximum atomic E-state index is 13.2. The summed E-state index contributed by atoms with van der Waals surface area (Å²) >= 11 is 0. The number of carbonyl (C=O) groups is 4. The molecule has 1 heterocycles. The van der Waals surface area contributed by atoms with Crippen LogP contribution in [0.15, 0.2) is 60.8 Å². The molecule has 12 heteroatoms. The smallest absolute Gasteiger partial charge is 0.335 e. The topological polar surface area (TPSA) is 175 Å². The molecule has 0 radical (unpaired) electrons. The van der Waals surface area contributed by atoms with Crippen molar-refractivity contribution in [2.75, 3.05) is 13.2 Å². The number of hydrogen-bond acceptors (Lipinski definition) is 11. The lowest BCUT2D eigenvalue weighted by atomic mass is 9.98. The van der Waals surface area contributed by atoms with Crippen molar-refractivity contribution in [3.63, 3.8) is 0 Å². The molecule has 0 bridgehead atoms. The molecule has 1 fully saturated rings. The first-order chi connectivity index (χ1) is 37.6. The Morgan fingerprint density at radius 3 is 1.23 bits per heavy atom. The molecule has 1 saturated heterocycles. The van der Waals surface area contributed by atoms with Crippen molar-refractivity contribution in [2.45, 2.75) is 314 Å². The first-order valence-electron chi connectivity index (χ1n) is 31.3. The maximum absolute atomic E-state index is 13.2. The van der Waals surface area contributed by atoms with Crippen molar-refractivity contribution in [2.24, 2.45) is 0 Å². The SMILES string of the molecule is CC/C=C\C/C=C\C/C=C\C/C=C\C/C=C\CCCC(=O)OC1C(OCC(COC(=O)CCCCCCCCCCCCCCCCCCC)OC(=O)CCCCCCCCCCCCCCC)OC(C(=O)O)C(O)C1O. The Labute approximate surface area is 468 Å². The van der Waals surface area contributed by atoms with E-state index in [1.807, 2.05) is 12.2 Å². The molecule has 0 aromatic rings. The van der Waals surface area contributed by atoms with Gasteiger partial charge in [-0.25, -0.2) is 4.79 Å². The van der Waals surface area contributed by atoms with Gasteiger partial charge in [-0.15, -0.1) is 0 Å². The lowest BCUT2D eigenvalue weighted by Gasteiger charge is -2.40. The second kappa shape index (κ2) is 53.1. The number of allylic oxidation sites excluding steroid dienone is 10. The minimum atomic E-state index is -1.92. The predicted molar refractivity (Wildman–Crippen MR) is 312 cm³/mol. The van der Waals surface area contributed by atoms with Gasteiger partial charge in [0.25, 0.3) is 0 Å². The number of aliphatic hydroxyl groups is 2. The quantitative estimate of drug-likeness (QED) is 0.0228. The minimum absolute atomic E-state index is 0.0163. The van der Waals surface area contributed by atoms with E-state index in [1.54, 1.807) is 0 Å². The third-order valence-corrected chi connectivity index (χ3v) is 14.1. The normalized spacial score (nSPS) is 18.4. The zero-order valence-electron chi connectivity index (χ0n) is 49.0. The van der Waals surface area contributed by atoms with E-state index in [-0.39, 0.29) is 25.9 Å². The number of aliphatic hydroxyl groups excluding tert-OH is 2. The van der Waals surface area contributed by atoms with Gasteiger partial charge < -0.3 is 39.0 Å². The van der Waals surface area contributed by atoms with Gasteiger partial charge >= 0.3 is 23.9 Å². The summed E-state index contributed by atoms with van der Waals surface area (Å²) in [6.07, 6.45) is 53.3. The van der Waals surface area contributed by atoms with Gasteiger partial charge in [0.2, 0.25) is 0 Å². The van der Waals surface area contributed by atoms with Gasteiger partial charge in [0.05, 0.1) is 6.61 Å². The van der Waals surface area contributed by atoms with Crippen LogP contribution in [0.5, 0.6) is 0 Å². The fourth-order valence-electron chi connectivity index (χ4n) is 9.35. The molecule has 1 aliphatic rings. The molecule has 0 aliphatic carbocycles.